The number of nitrogen functional groups attached to an aromatic ring is 1. The van der Waals surface area contributed by atoms with Crippen molar-refractivity contribution >= 4 is 67.5 Å². The zero-order valence-corrected chi connectivity index (χ0v) is 19.0. The van der Waals surface area contributed by atoms with E-state index in [0.29, 0.717) is 16.5 Å². The van der Waals surface area contributed by atoms with Crippen LogP contribution in [0.4, 0.5) is 17.1 Å². The fraction of sp³-hybridized carbons (Fsp3) is 0.160. The van der Waals surface area contributed by atoms with E-state index in [-0.39, 0.29) is 45.8 Å². The molecular formula is C25H25N4NaO3S. The van der Waals surface area contributed by atoms with Crippen molar-refractivity contribution in [3.05, 3.63) is 78.5 Å². The van der Waals surface area contributed by atoms with E-state index in [1.807, 2.05) is 6.07 Å². The number of unbranched alkanes of at least 4 members (excludes halogenated alkanes) is 1. The van der Waals surface area contributed by atoms with Crippen molar-refractivity contribution in [1.82, 2.24) is 4.98 Å². The van der Waals surface area contributed by atoms with Crippen LogP contribution in [-0.2, 0) is 16.5 Å². The van der Waals surface area contributed by atoms with Gasteiger partial charge in [-0.15, -0.1) is 10.2 Å². The summed E-state index contributed by atoms with van der Waals surface area (Å²) in [6.45, 7) is 2.18. The molecule has 0 amide bonds. The normalized spacial score (nSPS) is 11.6. The first-order valence-corrected chi connectivity index (χ1v) is 12.1. The molecule has 170 valence electrons. The second kappa shape index (κ2) is 11.2. The number of nitrogens with zero attached hydrogens (tertiary/aromatic N) is 3. The van der Waals surface area contributed by atoms with Crippen molar-refractivity contribution in [3.8, 4) is 11.3 Å². The number of fused-ring (bicyclic) bond motifs is 1. The molecule has 7 nitrogen and oxygen atoms in total. The molecule has 34 heavy (non-hydrogen) atoms. The molecule has 4 aromatic rings. The molecule has 3 N–H and O–H groups in total. The molecule has 0 unspecified atom stereocenters. The minimum atomic E-state index is -4.47. The van der Waals surface area contributed by atoms with Gasteiger partial charge in [-0.05, 0) is 36.6 Å². The molecule has 0 saturated carbocycles. The topological polar surface area (TPSA) is 118 Å². The molecular weight excluding hydrogens is 459 g/mol. The summed E-state index contributed by atoms with van der Waals surface area (Å²) in [6, 6.07) is 19.8. The molecule has 3 aromatic carbocycles. The zero-order chi connectivity index (χ0) is 23.4. The molecule has 4 rings (SSSR count). The number of nitrogens with two attached hydrogens (primary N) is 1. The van der Waals surface area contributed by atoms with E-state index in [1.54, 1.807) is 36.5 Å². The van der Waals surface area contributed by atoms with Gasteiger partial charge in [0.15, 0.2) is 0 Å². The average Bonchev–Trinajstić information content (AvgIpc) is 2.82. The number of azo groups is 1. The number of anilines is 1. The summed E-state index contributed by atoms with van der Waals surface area (Å²) in [5.74, 6) is 0. The summed E-state index contributed by atoms with van der Waals surface area (Å²) in [6.07, 6.45) is 5.00. The fourth-order valence-electron chi connectivity index (χ4n) is 3.60. The SMILES string of the molecule is CCCCc1ccc(-c2ccc(/N=N/c3cc(S(=O)(=O)O)c4ccccc4c3N)cn2)cc1.[NaH]. The summed E-state index contributed by atoms with van der Waals surface area (Å²) in [7, 11) is -4.47. The molecule has 0 bridgehead atoms. The van der Waals surface area contributed by atoms with Crippen LogP contribution in [0, 0.1) is 0 Å². The van der Waals surface area contributed by atoms with Crippen molar-refractivity contribution < 1.29 is 13.0 Å². The molecule has 1 heterocycles. The minimum absolute atomic E-state index is 0. The standard InChI is InChI=1S/C25H24N4O3S.Na.H/c1-2-3-6-17-9-11-18(12-10-17)22-14-13-19(16-27-22)28-29-23-15-24(33(30,31)32)20-7-4-5-8-21(20)25(23)26;;/h4-5,7-16H,2-3,6,26H2,1H3,(H,30,31,32);;/b29-28+;;. The Labute approximate surface area is 221 Å². The van der Waals surface area contributed by atoms with E-state index in [4.69, 9.17) is 5.73 Å². The van der Waals surface area contributed by atoms with E-state index in [2.05, 4.69) is 46.4 Å². The van der Waals surface area contributed by atoms with Crippen LogP contribution in [0.5, 0.6) is 0 Å². The van der Waals surface area contributed by atoms with E-state index < -0.39 is 10.1 Å². The Balaban J connectivity index is 0.00000324. The molecule has 0 fully saturated rings. The van der Waals surface area contributed by atoms with Gasteiger partial charge in [0, 0.05) is 16.3 Å². The van der Waals surface area contributed by atoms with Gasteiger partial charge >= 0.3 is 29.6 Å². The number of aromatic nitrogens is 1. The Morgan fingerprint density at radius 3 is 2.29 bits per heavy atom. The second-order valence-corrected chi connectivity index (χ2v) is 9.12. The summed E-state index contributed by atoms with van der Waals surface area (Å²) < 4.78 is 33.4. The van der Waals surface area contributed by atoms with Gasteiger partial charge in [-0.1, -0.05) is 61.9 Å². The van der Waals surface area contributed by atoms with Crippen molar-refractivity contribution in [3.63, 3.8) is 0 Å². The molecule has 0 aliphatic carbocycles. The van der Waals surface area contributed by atoms with E-state index in [0.717, 1.165) is 17.7 Å². The Hall–Kier alpha value is -2.62. The third-order valence-corrected chi connectivity index (χ3v) is 6.29. The van der Waals surface area contributed by atoms with Gasteiger partial charge in [0.25, 0.3) is 10.1 Å². The van der Waals surface area contributed by atoms with Gasteiger partial charge in [0.2, 0.25) is 0 Å². The molecule has 0 aliphatic rings. The molecule has 1 aromatic heterocycles. The average molecular weight is 485 g/mol. The van der Waals surface area contributed by atoms with Crippen LogP contribution in [-0.4, -0.2) is 47.5 Å². The summed E-state index contributed by atoms with van der Waals surface area (Å²) in [4.78, 5) is 4.19. The molecule has 0 saturated heterocycles. The first-order chi connectivity index (χ1) is 15.9. The number of benzene rings is 3. The number of rotatable bonds is 7. The Morgan fingerprint density at radius 1 is 0.971 bits per heavy atom. The van der Waals surface area contributed by atoms with Gasteiger partial charge < -0.3 is 5.73 Å². The van der Waals surface area contributed by atoms with Crippen molar-refractivity contribution in [1.29, 1.82) is 0 Å². The monoisotopic (exact) mass is 484 g/mol. The predicted molar refractivity (Wildman–Crippen MR) is 138 cm³/mol. The Bertz CT molecular complexity index is 1420. The quantitative estimate of drug-likeness (QED) is 0.148. The Kier molecular flexibility index (Phi) is 8.57. The number of pyridine rings is 1. The molecule has 0 aliphatic heterocycles. The van der Waals surface area contributed by atoms with Gasteiger partial charge in [-0.25, -0.2) is 0 Å². The number of hydrogen-bond acceptors (Lipinski definition) is 6. The number of aryl methyl sites for hydroxylation is 1. The maximum atomic E-state index is 11.9. The predicted octanol–water partition coefficient (Wildman–Crippen LogP) is 5.84. The zero-order valence-electron chi connectivity index (χ0n) is 18.1. The van der Waals surface area contributed by atoms with Gasteiger partial charge in [0.05, 0.1) is 17.6 Å². The third kappa shape index (κ3) is 5.89. The van der Waals surface area contributed by atoms with Gasteiger partial charge in [-0.3, -0.25) is 9.54 Å². The Morgan fingerprint density at radius 2 is 1.68 bits per heavy atom. The van der Waals surface area contributed by atoms with Crippen molar-refractivity contribution in [2.45, 2.75) is 31.1 Å². The van der Waals surface area contributed by atoms with Gasteiger partial charge in [-0.2, -0.15) is 8.42 Å². The van der Waals surface area contributed by atoms with Crippen molar-refractivity contribution in [2.24, 2.45) is 10.2 Å². The van der Waals surface area contributed by atoms with E-state index >= 15 is 0 Å². The summed E-state index contributed by atoms with van der Waals surface area (Å²) in [5.41, 5.74) is 10.2. The molecule has 0 atom stereocenters. The molecule has 0 radical (unpaired) electrons. The van der Waals surface area contributed by atoms with E-state index in [9.17, 15) is 13.0 Å². The van der Waals surface area contributed by atoms with Crippen LogP contribution in [0.1, 0.15) is 25.3 Å². The van der Waals surface area contributed by atoms with Crippen molar-refractivity contribution in [2.75, 3.05) is 5.73 Å². The summed E-state index contributed by atoms with van der Waals surface area (Å²) in [5, 5.41) is 9.08. The maximum absolute atomic E-state index is 11.9. The van der Waals surface area contributed by atoms with Crippen LogP contribution in [0.2, 0.25) is 0 Å². The van der Waals surface area contributed by atoms with Crippen LogP contribution in [0.15, 0.2) is 88.1 Å². The van der Waals surface area contributed by atoms with E-state index in [1.165, 1.54) is 24.5 Å². The first kappa shape index (κ1) is 26.0. The first-order valence-electron chi connectivity index (χ1n) is 10.6. The fourth-order valence-corrected chi connectivity index (χ4v) is 4.31. The van der Waals surface area contributed by atoms with Gasteiger partial charge in [0.1, 0.15) is 16.3 Å². The summed E-state index contributed by atoms with van der Waals surface area (Å²) >= 11 is 0. The van der Waals surface area contributed by atoms with Crippen LogP contribution < -0.4 is 5.73 Å². The second-order valence-electron chi connectivity index (χ2n) is 7.73. The molecule has 0 spiro atoms. The van der Waals surface area contributed by atoms with Crippen LogP contribution >= 0.6 is 0 Å². The van der Waals surface area contributed by atoms with Crippen LogP contribution in [0.3, 0.4) is 0 Å². The molecule has 9 heteroatoms. The van der Waals surface area contributed by atoms with Crippen LogP contribution in [0.25, 0.3) is 22.0 Å². The number of hydrogen-bond donors (Lipinski definition) is 2. The third-order valence-electron chi connectivity index (χ3n) is 5.39.